The largest absolute Gasteiger partial charge is 0.459 e. The van der Waals surface area contributed by atoms with Crippen LogP contribution in [-0.4, -0.2) is 12.1 Å². The molecular formula is C11H14INO2. The molecule has 0 heterocycles. The summed E-state index contributed by atoms with van der Waals surface area (Å²) < 4.78 is 6.17. The Morgan fingerprint density at radius 2 is 2.27 bits per heavy atom. The van der Waals surface area contributed by atoms with Crippen molar-refractivity contribution in [3.05, 3.63) is 27.3 Å². The zero-order valence-electron chi connectivity index (χ0n) is 8.79. The second kappa shape index (κ2) is 5.34. The van der Waals surface area contributed by atoms with Gasteiger partial charge in [0.2, 0.25) is 0 Å². The summed E-state index contributed by atoms with van der Waals surface area (Å²) in [4.78, 5) is 11.7. The minimum Gasteiger partial charge on any atom is -0.459 e. The van der Waals surface area contributed by atoms with E-state index in [-0.39, 0.29) is 12.1 Å². The zero-order valence-corrected chi connectivity index (χ0v) is 10.9. The van der Waals surface area contributed by atoms with Gasteiger partial charge < -0.3 is 10.5 Å². The van der Waals surface area contributed by atoms with Crippen LogP contribution in [0.3, 0.4) is 0 Å². The van der Waals surface area contributed by atoms with Crippen LogP contribution in [0.15, 0.2) is 18.2 Å². The summed E-state index contributed by atoms with van der Waals surface area (Å²) >= 11 is 2.14. The molecule has 3 nitrogen and oxygen atoms in total. The zero-order chi connectivity index (χ0) is 11.4. The van der Waals surface area contributed by atoms with E-state index in [1.165, 1.54) is 0 Å². The highest BCUT2D eigenvalue weighted by Gasteiger charge is 2.13. The highest BCUT2D eigenvalue weighted by atomic mass is 127. The van der Waals surface area contributed by atoms with Crippen molar-refractivity contribution in [2.24, 2.45) is 0 Å². The molecule has 2 N–H and O–H groups in total. The Bertz CT molecular complexity index is 366. The van der Waals surface area contributed by atoms with Crippen molar-refractivity contribution in [3.8, 4) is 0 Å². The number of anilines is 1. The molecule has 0 aliphatic carbocycles. The van der Waals surface area contributed by atoms with Gasteiger partial charge in [-0.05, 0) is 54.1 Å². The van der Waals surface area contributed by atoms with Gasteiger partial charge in [0.15, 0.2) is 0 Å². The van der Waals surface area contributed by atoms with Crippen molar-refractivity contribution in [1.82, 2.24) is 0 Å². The van der Waals surface area contributed by atoms with E-state index in [1.807, 2.05) is 19.9 Å². The van der Waals surface area contributed by atoms with Crippen LogP contribution in [0.5, 0.6) is 0 Å². The number of rotatable bonds is 3. The Balaban J connectivity index is 2.86. The lowest BCUT2D eigenvalue weighted by Gasteiger charge is -2.12. The number of esters is 1. The van der Waals surface area contributed by atoms with Gasteiger partial charge in [-0.3, -0.25) is 0 Å². The summed E-state index contributed by atoms with van der Waals surface area (Å²) in [5.41, 5.74) is 6.61. The first-order valence-electron chi connectivity index (χ1n) is 4.80. The minimum absolute atomic E-state index is 0.0743. The number of hydrogen-bond acceptors (Lipinski definition) is 3. The molecule has 0 saturated carbocycles. The molecule has 15 heavy (non-hydrogen) atoms. The second-order valence-corrected chi connectivity index (χ2v) is 4.60. The van der Waals surface area contributed by atoms with Gasteiger partial charge >= 0.3 is 5.97 Å². The number of ether oxygens (including phenoxy) is 1. The van der Waals surface area contributed by atoms with Gasteiger partial charge in [0.1, 0.15) is 0 Å². The van der Waals surface area contributed by atoms with E-state index >= 15 is 0 Å². The number of hydrogen-bond donors (Lipinski definition) is 1. The third-order valence-electron chi connectivity index (χ3n) is 2.12. The predicted octanol–water partition coefficient (Wildman–Crippen LogP) is 2.83. The third-order valence-corrected chi connectivity index (χ3v) is 2.79. The molecule has 1 unspecified atom stereocenters. The van der Waals surface area contributed by atoms with Crippen LogP contribution in [0.25, 0.3) is 0 Å². The maximum Gasteiger partial charge on any atom is 0.340 e. The van der Waals surface area contributed by atoms with Gasteiger partial charge in [-0.1, -0.05) is 6.92 Å². The number of carbonyl (C=O) groups excluding carboxylic acids is 1. The summed E-state index contributed by atoms with van der Waals surface area (Å²) in [6.45, 7) is 3.83. The SMILES string of the molecule is CCC(C)OC(=O)c1cc(I)ccc1N. The third kappa shape index (κ3) is 3.37. The van der Waals surface area contributed by atoms with Crippen LogP contribution in [0.2, 0.25) is 0 Å². The fourth-order valence-electron chi connectivity index (χ4n) is 1.03. The number of halogens is 1. The first-order valence-corrected chi connectivity index (χ1v) is 5.88. The van der Waals surface area contributed by atoms with E-state index in [2.05, 4.69) is 22.6 Å². The summed E-state index contributed by atoms with van der Waals surface area (Å²) in [5, 5.41) is 0. The minimum atomic E-state index is -0.347. The van der Waals surface area contributed by atoms with Crippen LogP contribution in [-0.2, 0) is 4.74 Å². The predicted molar refractivity (Wildman–Crippen MR) is 68.7 cm³/mol. The lowest BCUT2D eigenvalue weighted by Crippen LogP contribution is -2.15. The Morgan fingerprint density at radius 3 is 2.87 bits per heavy atom. The molecule has 0 aliphatic rings. The molecule has 1 aromatic rings. The summed E-state index contributed by atoms with van der Waals surface area (Å²) in [6.07, 6.45) is 0.727. The lowest BCUT2D eigenvalue weighted by atomic mass is 10.2. The average molecular weight is 319 g/mol. The van der Waals surface area contributed by atoms with Gasteiger partial charge in [0.25, 0.3) is 0 Å². The fraction of sp³-hybridized carbons (Fsp3) is 0.364. The quantitative estimate of drug-likeness (QED) is 0.529. The lowest BCUT2D eigenvalue weighted by molar-refractivity contribution is 0.0335. The molecule has 0 bridgehead atoms. The van der Waals surface area contributed by atoms with Crippen molar-refractivity contribution in [2.45, 2.75) is 26.4 Å². The highest BCUT2D eigenvalue weighted by Crippen LogP contribution is 2.17. The normalized spacial score (nSPS) is 12.2. The standard InChI is InChI=1S/C11H14INO2/c1-3-7(2)15-11(14)9-6-8(12)4-5-10(9)13/h4-7H,3,13H2,1-2H3. The second-order valence-electron chi connectivity index (χ2n) is 3.36. The molecule has 0 saturated heterocycles. The summed E-state index contributed by atoms with van der Waals surface area (Å²) in [7, 11) is 0. The van der Waals surface area contributed by atoms with Crippen molar-refractivity contribution in [1.29, 1.82) is 0 Å². The maximum atomic E-state index is 11.7. The smallest absolute Gasteiger partial charge is 0.340 e. The Morgan fingerprint density at radius 1 is 1.60 bits per heavy atom. The summed E-state index contributed by atoms with van der Waals surface area (Å²) in [5.74, 6) is -0.347. The monoisotopic (exact) mass is 319 g/mol. The topological polar surface area (TPSA) is 52.3 Å². The number of nitrogens with two attached hydrogens (primary N) is 1. The maximum absolute atomic E-state index is 11.7. The number of benzene rings is 1. The van der Waals surface area contributed by atoms with Gasteiger partial charge in [0, 0.05) is 9.26 Å². The highest BCUT2D eigenvalue weighted by molar-refractivity contribution is 14.1. The van der Waals surface area contributed by atoms with Gasteiger partial charge in [0.05, 0.1) is 11.7 Å². The van der Waals surface area contributed by atoms with Crippen molar-refractivity contribution >= 4 is 34.2 Å². The van der Waals surface area contributed by atoms with E-state index in [0.717, 1.165) is 9.99 Å². The molecule has 1 atom stereocenters. The Kier molecular flexibility index (Phi) is 4.38. The molecule has 0 aliphatic heterocycles. The van der Waals surface area contributed by atoms with E-state index in [0.29, 0.717) is 11.3 Å². The van der Waals surface area contributed by atoms with Crippen molar-refractivity contribution in [3.63, 3.8) is 0 Å². The fourth-order valence-corrected chi connectivity index (χ4v) is 1.53. The molecule has 0 aromatic heterocycles. The Labute approximate surface area is 103 Å². The molecule has 0 spiro atoms. The number of carbonyl (C=O) groups is 1. The Hall–Kier alpha value is -0.780. The van der Waals surface area contributed by atoms with Crippen LogP contribution < -0.4 is 5.73 Å². The first-order chi connectivity index (χ1) is 7.04. The van der Waals surface area contributed by atoms with Gasteiger partial charge in [-0.25, -0.2) is 4.79 Å². The van der Waals surface area contributed by atoms with Crippen molar-refractivity contribution in [2.75, 3.05) is 5.73 Å². The molecule has 0 radical (unpaired) electrons. The van der Waals surface area contributed by atoms with Crippen LogP contribution in [0.4, 0.5) is 5.69 Å². The molecule has 0 amide bonds. The molecule has 1 aromatic carbocycles. The number of nitrogen functional groups attached to an aromatic ring is 1. The molecular weight excluding hydrogens is 305 g/mol. The average Bonchev–Trinajstić information content (AvgIpc) is 2.21. The van der Waals surface area contributed by atoms with Crippen LogP contribution in [0, 0.1) is 3.57 Å². The van der Waals surface area contributed by atoms with Crippen LogP contribution in [0.1, 0.15) is 30.6 Å². The van der Waals surface area contributed by atoms with E-state index in [1.54, 1.807) is 12.1 Å². The van der Waals surface area contributed by atoms with E-state index in [9.17, 15) is 4.79 Å². The molecule has 4 heteroatoms. The molecule has 82 valence electrons. The first kappa shape index (κ1) is 12.3. The van der Waals surface area contributed by atoms with Gasteiger partial charge in [-0.2, -0.15) is 0 Å². The molecule has 0 fully saturated rings. The molecule has 1 rings (SSSR count). The van der Waals surface area contributed by atoms with Gasteiger partial charge in [-0.15, -0.1) is 0 Å². The van der Waals surface area contributed by atoms with Crippen LogP contribution >= 0.6 is 22.6 Å². The van der Waals surface area contributed by atoms with E-state index in [4.69, 9.17) is 10.5 Å². The summed E-state index contributed by atoms with van der Waals surface area (Å²) in [6, 6.07) is 5.31. The van der Waals surface area contributed by atoms with Crippen molar-refractivity contribution < 1.29 is 9.53 Å². The van der Waals surface area contributed by atoms with E-state index < -0.39 is 0 Å².